The zero-order valence-electron chi connectivity index (χ0n) is 11.4. The second-order valence-corrected chi connectivity index (χ2v) is 5.29. The average molecular weight is 234 g/mol. The van der Waals surface area contributed by atoms with Crippen molar-refractivity contribution in [1.82, 2.24) is 0 Å². The van der Waals surface area contributed by atoms with Gasteiger partial charge in [-0.25, -0.2) is 0 Å². The highest BCUT2D eigenvalue weighted by molar-refractivity contribution is 5.99. The second-order valence-electron chi connectivity index (χ2n) is 5.29. The molecule has 2 heteroatoms. The summed E-state index contributed by atoms with van der Waals surface area (Å²) in [5, 5.41) is 0. The molecule has 1 rings (SSSR count). The lowest BCUT2D eigenvalue weighted by molar-refractivity contribution is 0.0520. The maximum atomic E-state index is 12.0. The zero-order valence-corrected chi connectivity index (χ0v) is 11.4. The van der Waals surface area contributed by atoms with E-state index in [1.165, 1.54) is 5.56 Å². The normalized spacial score (nSPS) is 13.5. The van der Waals surface area contributed by atoms with Gasteiger partial charge >= 0.3 is 0 Å². The lowest BCUT2D eigenvalue weighted by Crippen LogP contribution is -2.21. The van der Waals surface area contributed by atoms with Crippen molar-refractivity contribution in [2.75, 3.05) is 6.61 Å². The fraction of sp³-hybridized carbons (Fsp3) is 0.533. The Morgan fingerprint density at radius 1 is 1.24 bits per heavy atom. The molecule has 1 unspecified atom stereocenters. The van der Waals surface area contributed by atoms with Crippen LogP contribution in [0.2, 0.25) is 0 Å². The number of carbonyl (C=O) groups excluding carboxylic acids is 1. The molecule has 1 atom stereocenters. The van der Waals surface area contributed by atoms with Crippen LogP contribution in [0.15, 0.2) is 24.3 Å². The van der Waals surface area contributed by atoms with Crippen molar-refractivity contribution in [3.8, 4) is 0 Å². The Morgan fingerprint density at radius 3 is 2.18 bits per heavy atom. The molecule has 94 valence electrons. The van der Waals surface area contributed by atoms with Gasteiger partial charge in [0.1, 0.15) is 6.10 Å². The van der Waals surface area contributed by atoms with E-state index in [9.17, 15) is 4.79 Å². The molecule has 0 aromatic heterocycles. The van der Waals surface area contributed by atoms with Gasteiger partial charge in [0, 0.05) is 12.2 Å². The van der Waals surface area contributed by atoms with Crippen LogP contribution in [-0.2, 0) is 10.2 Å². The fourth-order valence-corrected chi connectivity index (χ4v) is 1.69. The molecule has 0 aliphatic rings. The molecule has 1 aromatic rings. The van der Waals surface area contributed by atoms with Crippen molar-refractivity contribution < 1.29 is 9.53 Å². The van der Waals surface area contributed by atoms with E-state index in [4.69, 9.17) is 4.74 Å². The molecule has 17 heavy (non-hydrogen) atoms. The summed E-state index contributed by atoms with van der Waals surface area (Å²) in [6.45, 7) is 10.7. The van der Waals surface area contributed by atoms with Gasteiger partial charge in [-0.3, -0.25) is 4.79 Å². The lowest BCUT2D eigenvalue weighted by atomic mass is 9.86. The van der Waals surface area contributed by atoms with Crippen molar-refractivity contribution in [3.63, 3.8) is 0 Å². The van der Waals surface area contributed by atoms with Crippen LogP contribution in [0.4, 0.5) is 0 Å². The Kier molecular flexibility index (Phi) is 4.47. The van der Waals surface area contributed by atoms with Gasteiger partial charge in [0.25, 0.3) is 0 Å². The summed E-state index contributed by atoms with van der Waals surface area (Å²) in [7, 11) is 0. The minimum atomic E-state index is -0.361. The minimum Gasteiger partial charge on any atom is -0.371 e. The van der Waals surface area contributed by atoms with E-state index in [0.29, 0.717) is 6.61 Å². The summed E-state index contributed by atoms with van der Waals surface area (Å²) < 4.78 is 5.31. The molecule has 0 spiro atoms. The number of hydrogen-bond donors (Lipinski definition) is 0. The molecule has 1 aromatic carbocycles. The first-order valence-corrected chi connectivity index (χ1v) is 6.12. The Bertz CT molecular complexity index is 371. The summed E-state index contributed by atoms with van der Waals surface area (Å²) >= 11 is 0. The van der Waals surface area contributed by atoms with E-state index in [0.717, 1.165) is 5.56 Å². The van der Waals surface area contributed by atoms with Gasteiger partial charge < -0.3 is 4.74 Å². The molecule has 0 saturated carbocycles. The maximum absolute atomic E-state index is 12.0. The van der Waals surface area contributed by atoms with Gasteiger partial charge in [-0.1, -0.05) is 45.0 Å². The van der Waals surface area contributed by atoms with Gasteiger partial charge in [-0.15, -0.1) is 0 Å². The maximum Gasteiger partial charge on any atom is 0.191 e. The van der Waals surface area contributed by atoms with Crippen LogP contribution in [-0.4, -0.2) is 18.5 Å². The number of rotatable bonds is 4. The van der Waals surface area contributed by atoms with Crippen LogP contribution >= 0.6 is 0 Å². The van der Waals surface area contributed by atoms with Crippen LogP contribution in [0.5, 0.6) is 0 Å². The number of carbonyl (C=O) groups is 1. The van der Waals surface area contributed by atoms with Crippen LogP contribution < -0.4 is 0 Å². The quantitative estimate of drug-likeness (QED) is 0.744. The first-order valence-electron chi connectivity index (χ1n) is 6.12. The molecule has 0 saturated heterocycles. The van der Waals surface area contributed by atoms with Gasteiger partial charge in [0.15, 0.2) is 5.78 Å². The fourth-order valence-electron chi connectivity index (χ4n) is 1.69. The van der Waals surface area contributed by atoms with E-state index in [-0.39, 0.29) is 17.3 Å². The van der Waals surface area contributed by atoms with Gasteiger partial charge in [0.05, 0.1) is 0 Å². The van der Waals surface area contributed by atoms with Crippen molar-refractivity contribution >= 4 is 5.78 Å². The van der Waals surface area contributed by atoms with Crippen molar-refractivity contribution in [1.29, 1.82) is 0 Å². The Labute approximate surface area is 104 Å². The minimum absolute atomic E-state index is 0.0484. The molecule has 0 aliphatic heterocycles. The third-order valence-electron chi connectivity index (χ3n) is 2.82. The van der Waals surface area contributed by atoms with Crippen molar-refractivity contribution in [2.24, 2.45) is 0 Å². The Hall–Kier alpha value is -1.15. The highest BCUT2D eigenvalue weighted by Gasteiger charge is 2.17. The monoisotopic (exact) mass is 234 g/mol. The van der Waals surface area contributed by atoms with Gasteiger partial charge in [0.2, 0.25) is 0 Å². The van der Waals surface area contributed by atoms with Crippen LogP contribution in [0.3, 0.4) is 0 Å². The average Bonchev–Trinajstić information content (AvgIpc) is 2.27. The third kappa shape index (κ3) is 3.67. The number of Topliss-reactive ketones (excluding diaryl/α,β-unsaturated/α-hetero) is 1. The first kappa shape index (κ1) is 13.9. The van der Waals surface area contributed by atoms with E-state index in [1.807, 2.05) is 31.2 Å². The predicted octanol–water partition coefficient (Wildman–Crippen LogP) is 3.59. The van der Waals surface area contributed by atoms with Crippen LogP contribution in [0.25, 0.3) is 0 Å². The molecule has 0 amide bonds. The molecule has 0 radical (unpaired) electrons. The smallest absolute Gasteiger partial charge is 0.191 e. The standard InChI is InChI=1S/C15H22O2/c1-6-17-11(2)14(16)12-7-9-13(10-8-12)15(3,4)5/h7-11H,6H2,1-5H3. The van der Waals surface area contributed by atoms with Gasteiger partial charge in [-0.2, -0.15) is 0 Å². The first-order chi connectivity index (χ1) is 7.86. The van der Waals surface area contributed by atoms with Crippen LogP contribution in [0, 0.1) is 0 Å². The molecule has 2 nitrogen and oxygen atoms in total. The van der Waals surface area contributed by atoms with E-state index < -0.39 is 0 Å². The molecule has 0 bridgehead atoms. The topological polar surface area (TPSA) is 26.3 Å². The van der Waals surface area contributed by atoms with E-state index >= 15 is 0 Å². The van der Waals surface area contributed by atoms with E-state index in [2.05, 4.69) is 20.8 Å². The molecule has 0 heterocycles. The highest BCUT2D eigenvalue weighted by Crippen LogP contribution is 2.22. The summed E-state index contributed by atoms with van der Waals surface area (Å²) in [5.74, 6) is 0.0484. The summed E-state index contributed by atoms with van der Waals surface area (Å²) in [6, 6.07) is 7.81. The van der Waals surface area contributed by atoms with E-state index in [1.54, 1.807) is 6.92 Å². The lowest BCUT2D eigenvalue weighted by Gasteiger charge is -2.19. The molecular formula is C15H22O2. The van der Waals surface area contributed by atoms with Crippen LogP contribution in [0.1, 0.15) is 50.5 Å². The molecule has 0 aliphatic carbocycles. The Balaban J connectivity index is 2.84. The molecule has 0 fully saturated rings. The molecule has 0 N–H and O–H groups in total. The third-order valence-corrected chi connectivity index (χ3v) is 2.82. The van der Waals surface area contributed by atoms with Crippen molar-refractivity contribution in [3.05, 3.63) is 35.4 Å². The SMILES string of the molecule is CCOC(C)C(=O)c1ccc(C(C)(C)C)cc1. The summed E-state index contributed by atoms with van der Waals surface area (Å²) in [6.07, 6.45) is -0.361. The second kappa shape index (κ2) is 5.46. The number of ether oxygens (including phenoxy) is 1. The zero-order chi connectivity index (χ0) is 13.1. The van der Waals surface area contributed by atoms with Crippen molar-refractivity contribution in [2.45, 2.75) is 46.1 Å². The predicted molar refractivity (Wildman–Crippen MR) is 70.6 cm³/mol. The highest BCUT2D eigenvalue weighted by atomic mass is 16.5. The number of ketones is 1. The summed E-state index contributed by atoms with van der Waals surface area (Å²) in [5.41, 5.74) is 2.07. The summed E-state index contributed by atoms with van der Waals surface area (Å²) in [4.78, 5) is 12.0. The van der Waals surface area contributed by atoms with Gasteiger partial charge in [-0.05, 0) is 24.8 Å². The molecular weight excluding hydrogens is 212 g/mol. The number of benzene rings is 1. The number of hydrogen-bond acceptors (Lipinski definition) is 2. The largest absolute Gasteiger partial charge is 0.371 e. The Morgan fingerprint density at radius 2 is 1.76 bits per heavy atom.